The minimum absolute atomic E-state index is 0.0810. The lowest BCUT2D eigenvalue weighted by Crippen LogP contribution is -2.30. The molecular weight excluding hydrogens is 406 g/mol. The van der Waals surface area contributed by atoms with Gasteiger partial charge in [-0.25, -0.2) is 18.2 Å². The number of hydrogen-bond acceptors (Lipinski definition) is 6. The summed E-state index contributed by atoms with van der Waals surface area (Å²) in [6.07, 6.45) is 0.836. The summed E-state index contributed by atoms with van der Waals surface area (Å²) in [7, 11) is -3.36. The number of carbonyl (C=O) groups excluding carboxylic acids is 2. The second-order valence-electron chi connectivity index (χ2n) is 6.19. The third-order valence-electron chi connectivity index (χ3n) is 4.10. The molecule has 8 nitrogen and oxygen atoms in total. The maximum Gasteiger partial charge on any atom is 0.338 e. The molecule has 1 aliphatic rings. The zero-order valence-corrected chi connectivity index (χ0v) is 16.5. The molecule has 1 fully saturated rings. The van der Waals surface area contributed by atoms with Crippen molar-refractivity contribution in [1.29, 1.82) is 0 Å². The molecule has 0 spiro atoms. The number of carbonyl (C=O) groups is 2. The summed E-state index contributed by atoms with van der Waals surface area (Å²) in [5.41, 5.74) is 0.554. The van der Waals surface area contributed by atoms with E-state index in [0.29, 0.717) is 23.7 Å². The SMILES string of the molecule is CC(OC(=O)c1cccc(N2CCCS2(=O)=O)c1)C(=O)Nc1ccc(Cl)cn1. The first-order valence-electron chi connectivity index (χ1n) is 8.50. The fraction of sp³-hybridized carbons (Fsp3) is 0.278. The Morgan fingerprint density at radius 3 is 2.71 bits per heavy atom. The van der Waals surface area contributed by atoms with Crippen molar-refractivity contribution in [2.45, 2.75) is 19.4 Å². The largest absolute Gasteiger partial charge is 0.449 e. The molecule has 1 aromatic heterocycles. The number of aromatic nitrogens is 1. The second kappa shape index (κ2) is 8.15. The van der Waals surface area contributed by atoms with Crippen LogP contribution in [0.2, 0.25) is 5.02 Å². The Morgan fingerprint density at radius 1 is 1.29 bits per heavy atom. The van der Waals surface area contributed by atoms with Crippen molar-refractivity contribution in [3.8, 4) is 0 Å². The number of pyridine rings is 1. The van der Waals surface area contributed by atoms with Gasteiger partial charge in [0, 0.05) is 12.7 Å². The summed E-state index contributed by atoms with van der Waals surface area (Å²) in [6, 6.07) is 9.22. The quantitative estimate of drug-likeness (QED) is 0.740. The van der Waals surface area contributed by atoms with Crippen LogP contribution < -0.4 is 9.62 Å². The van der Waals surface area contributed by atoms with Crippen molar-refractivity contribution in [1.82, 2.24) is 4.98 Å². The van der Waals surface area contributed by atoms with E-state index in [1.807, 2.05) is 0 Å². The minimum atomic E-state index is -3.36. The summed E-state index contributed by atoms with van der Waals surface area (Å²) in [5, 5.41) is 2.95. The number of sulfonamides is 1. The van der Waals surface area contributed by atoms with Crippen molar-refractivity contribution >= 4 is 45.0 Å². The smallest absolute Gasteiger partial charge is 0.338 e. The molecule has 1 amide bonds. The average Bonchev–Trinajstić information content (AvgIpc) is 3.02. The number of hydrogen-bond donors (Lipinski definition) is 1. The topological polar surface area (TPSA) is 106 Å². The lowest BCUT2D eigenvalue weighted by molar-refractivity contribution is -0.123. The fourth-order valence-electron chi connectivity index (χ4n) is 2.68. The lowest BCUT2D eigenvalue weighted by Gasteiger charge is -2.18. The summed E-state index contributed by atoms with van der Waals surface area (Å²) in [4.78, 5) is 28.5. The number of nitrogens with one attached hydrogen (secondary N) is 1. The number of rotatable bonds is 5. The molecule has 1 N–H and O–H groups in total. The molecule has 1 unspecified atom stereocenters. The van der Waals surface area contributed by atoms with Gasteiger partial charge in [0.1, 0.15) is 5.82 Å². The molecule has 1 aliphatic heterocycles. The number of ether oxygens (including phenoxy) is 1. The van der Waals surface area contributed by atoms with Crippen LogP contribution in [-0.4, -0.2) is 43.7 Å². The normalized spacial score (nSPS) is 16.4. The molecule has 10 heteroatoms. The molecule has 0 saturated carbocycles. The minimum Gasteiger partial charge on any atom is -0.449 e. The number of anilines is 2. The van der Waals surface area contributed by atoms with Crippen LogP contribution in [0.3, 0.4) is 0 Å². The van der Waals surface area contributed by atoms with E-state index in [-0.39, 0.29) is 17.1 Å². The highest BCUT2D eigenvalue weighted by Gasteiger charge is 2.29. The van der Waals surface area contributed by atoms with Gasteiger partial charge in [-0.05, 0) is 43.7 Å². The van der Waals surface area contributed by atoms with Gasteiger partial charge in [-0.15, -0.1) is 0 Å². The standard InChI is InChI=1S/C18H18ClN3O5S/c1-12(17(23)21-16-7-6-14(19)11-20-16)27-18(24)13-4-2-5-15(10-13)22-8-3-9-28(22,25)26/h2,4-7,10-12H,3,8-9H2,1H3,(H,20,21,23). The highest BCUT2D eigenvalue weighted by molar-refractivity contribution is 7.93. The van der Waals surface area contributed by atoms with Gasteiger partial charge in [-0.3, -0.25) is 9.10 Å². The van der Waals surface area contributed by atoms with Crippen LogP contribution in [0.25, 0.3) is 0 Å². The number of benzene rings is 1. The van der Waals surface area contributed by atoms with Crippen molar-refractivity contribution in [3.63, 3.8) is 0 Å². The molecular formula is C18H18ClN3O5S. The predicted octanol–water partition coefficient (Wildman–Crippen LogP) is 2.46. The summed E-state index contributed by atoms with van der Waals surface area (Å²) in [5.74, 6) is -0.928. The van der Waals surface area contributed by atoms with Gasteiger partial charge in [-0.2, -0.15) is 0 Å². The Hall–Kier alpha value is -2.65. The lowest BCUT2D eigenvalue weighted by atomic mass is 10.2. The van der Waals surface area contributed by atoms with Gasteiger partial charge in [0.05, 0.1) is 22.0 Å². The van der Waals surface area contributed by atoms with Crippen LogP contribution in [0.15, 0.2) is 42.6 Å². The van der Waals surface area contributed by atoms with E-state index in [0.717, 1.165) is 0 Å². The van der Waals surface area contributed by atoms with Crippen molar-refractivity contribution < 1.29 is 22.7 Å². The van der Waals surface area contributed by atoms with Crippen LogP contribution in [0.5, 0.6) is 0 Å². The Bertz CT molecular complexity index is 995. The van der Waals surface area contributed by atoms with Crippen LogP contribution in [0.4, 0.5) is 11.5 Å². The fourth-order valence-corrected chi connectivity index (χ4v) is 4.35. The molecule has 28 heavy (non-hydrogen) atoms. The number of esters is 1. The Balaban J connectivity index is 1.66. The van der Waals surface area contributed by atoms with Crippen molar-refractivity contribution in [2.75, 3.05) is 21.9 Å². The third-order valence-corrected chi connectivity index (χ3v) is 6.19. The average molecular weight is 424 g/mol. The van der Waals surface area contributed by atoms with E-state index < -0.39 is 28.0 Å². The van der Waals surface area contributed by atoms with Crippen LogP contribution in [-0.2, 0) is 19.6 Å². The monoisotopic (exact) mass is 423 g/mol. The van der Waals surface area contributed by atoms with Crippen molar-refractivity contribution in [3.05, 3.63) is 53.2 Å². The summed E-state index contributed by atoms with van der Waals surface area (Å²) in [6.45, 7) is 1.80. The van der Waals surface area contributed by atoms with Crippen LogP contribution >= 0.6 is 11.6 Å². The van der Waals surface area contributed by atoms with E-state index in [2.05, 4.69) is 10.3 Å². The van der Waals surface area contributed by atoms with Crippen LogP contribution in [0.1, 0.15) is 23.7 Å². The molecule has 3 rings (SSSR count). The van der Waals surface area contributed by atoms with E-state index in [1.165, 1.54) is 35.6 Å². The molecule has 0 bridgehead atoms. The predicted molar refractivity (Wildman–Crippen MR) is 105 cm³/mol. The van der Waals surface area contributed by atoms with Gasteiger partial charge in [0.2, 0.25) is 10.0 Å². The molecule has 0 aliphatic carbocycles. The molecule has 1 atom stereocenters. The maximum absolute atomic E-state index is 12.4. The molecule has 2 heterocycles. The van der Waals surface area contributed by atoms with Gasteiger partial charge in [0.15, 0.2) is 6.10 Å². The molecule has 1 saturated heterocycles. The molecule has 2 aromatic rings. The van der Waals surface area contributed by atoms with Gasteiger partial charge >= 0.3 is 5.97 Å². The summed E-state index contributed by atoms with van der Waals surface area (Å²) >= 11 is 5.74. The summed E-state index contributed by atoms with van der Waals surface area (Å²) < 4.78 is 30.6. The number of nitrogens with zero attached hydrogens (tertiary/aromatic N) is 2. The van der Waals surface area contributed by atoms with Gasteiger partial charge < -0.3 is 10.1 Å². The number of halogens is 1. The zero-order chi connectivity index (χ0) is 20.3. The molecule has 148 valence electrons. The Morgan fingerprint density at radius 2 is 2.07 bits per heavy atom. The first-order chi connectivity index (χ1) is 13.3. The highest BCUT2D eigenvalue weighted by atomic mass is 35.5. The molecule has 0 radical (unpaired) electrons. The Labute approximate surface area is 167 Å². The van der Waals surface area contributed by atoms with Crippen LogP contribution in [0, 0.1) is 0 Å². The molecule has 1 aromatic carbocycles. The van der Waals surface area contributed by atoms with E-state index in [9.17, 15) is 18.0 Å². The third kappa shape index (κ3) is 4.60. The van der Waals surface area contributed by atoms with Crippen molar-refractivity contribution in [2.24, 2.45) is 0 Å². The van der Waals surface area contributed by atoms with Gasteiger partial charge in [-0.1, -0.05) is 17.7 Å². The first-order valence-corrected chi connectivity index (χ1v) is 10.5. The second-order valence-corrected chi connectivity index (χ2v) is 8.64. The van der Waals surface area contributed by atoms with Gasteiger partial charge in [0.25, 0.3) is 5.91 Å². The number of amides is 1. The van der Waals surface area contributed by atoms with E-state index in [4.69, 9.17) is 16.3 Å². The van der Waals surface area contributed by atoms with E-state index in [1.54, 1.807) is 18.2 Å². The zero-order valence-electron chi connectivity index (χ0n) is 15.0. The maximum atomic E-state index is 12.4. The Kier molecular flexibility index (Phi) is 5.85. The first kappa shape index (κ1) is 20.1. The highest BCUT2D eigenvalue weighted by Crippen LogP contribution is 2.25. The van der Waals surface area contributed by atoms with E-state index >= 15 is 0 Å².